The summed E-state index contributed by atoms with van der Waals surface area (Å²) >= 11 is 0. The van der Waals surface area contributed by atoms with Crippen LogP contribution in [0.5, 0.6) is 0 Å². The van der Waals surface area contributed by atoms with Crippen molar-refractivity contribution in [3.63, 3.8) is 0 Å². The van der Waals surface area contributed by atoms with Gasteiger partial charge in [-0.1, -0.05) is 11.8 Å². The van der Waals surface area contributed by atoms with Gasteiger partial charge in [-0.3, -0.25) is 4.98 Å². The van der Waals surface area contributed by atoms with Gasteiger partial charge in [0.2, 0.25) is 0 Å². The molecule has 1 fully saturated rings. The largest absolute Gasteiger partial charge is 0.383 e. The second-order valence-electron chi connectivity index (χ2n) is 11.3. The summed E-state index contributed by atoms with van der Waals surface area (Å²) in [5.74, 6) is 0.315. The molecule has 1 aliphatic rings. The molecule has 1 atom stereocenters. The molecular weight excluding hydrogens is 514 g/mol. The molecule has 4 aromatic rings. The number of aromatic nitrogens is 5. The minimum absolute atomic E-state index is 0.00353. The van der Waals surface area contributed by atoms with Crippen molar-refractivity contribution in [2.75, 3.05) is 31.3 Å². The van der Waals surface area contributed by atoms with Gasteiger partial charge in [-0.2, -0.15) is 0 Å². The van der Waals surface area contributed by atoms with Crippen LogP contribution in [0.3, 0.4) is 0 Å². The zero-order valence-electron chi connectivity index (χ0n) is 23.2. The summed E-state index contributed by atoms with van der Waals surface area (Å²) in [6, 6.07) is 5.57. The fourth-order valence-corrected chi connectivity index (χ4v) is 6.44. The number of nitrogens with one attached hydrogen (secondary N) is 1. The molecule has 10 nitrogen and oxygen atoms in total. The molecule has 0 amide bonds. The Morgan fingerprint density at radius 3 is 2.67 bits per heavy atom. The minimum atomic E-state index is -3.56. The van der Waals surface area contributed by atoms with Crippen LogP contribution in [-0.4, -0.2) is 64.5 Å². The van der Waals surface area contributed by atoms with Crippen LogP contribution in [0, 0.1) is 5.92 Å². The summed E-state index contributed by atoms with van der Waals surface area (Å²) in [7, 11) is -1.73. The van der Waals surface area contributed by atoms with Gasteiger partial charge in [-0.15, -0.1) is 5.10 Å². The third-order valence-electron chi connectivity index (χ3n) is 7.55. The second kappa shape index (κ2) is 10.0. The first-order valence-corrected chi connectivity index (χ1v) is 15.1. The summed E-state index contributed by atoms with van der Waals surface area (Å²) in [5, 5.41) is 12.6. The number of sulfone groups is 1. The maximum absolute atomic E-state index is 13.2. The molecule has 0 radical (unpaired) electrons. The fourth-order valence-electron chi connectivity index (χ4n) is 5.58. The minimum Gasteiger partial charge on any atom is -0.383 e. The van der Waals surface area contributed by atoms with Gasteiger partial charge < -0.3 is 20.4 Å². The topological polar surface area (TPSA) is 130 Å². The smallest absolute Gasteiger partial charge is 0.177 e. The van der Waals surface area contributed by atoms with E-state index in [4.69, 9.17) is 15.5 Å². The quantitative estimate of drug-likeness (QED) is 0.334. The van der Waals surface area contributed by atoms with E-state index in [-0.39, 0.29) is 10.9 Å². The van der Waals surface area contributed by atoms with Crippen LogP contribution in [0.2, 0.25) is 0 Å². The number of hydrogen-bond donors (Lipinski definition) is 2. The highest BCUT2D eigenvalue weighted by atomic mass is 32.2. The molecule has 5 rings (SSSR count). The number of fused-ring (bicyclic) bond motifs is 3. The lowest BCUT2D eigenvalue weighted by Crippen LogP contribution is -2.39. The average Bonchev–Trinajstić information content (AvgIpc) is 3.43. The fraction of sp³-hybridized carbons (Fsp3) is 0.464. The molecule has 39 heavy (non-hydrogen) atoms. The Morgan fingerprint density at radius 1 is 1.31 bits per heavy atom. The van der Waals surface area contributed by atoms with Crippen LogP contribution in [0.1, 0.15) is 45.3 Å². The summed E-state index contributed by atoms with van der Waals surface area (Å²) < 4.78 is 35.8. The number of anilines is 1. The molecule has 0 saturated carbocycles. The molecular formula is C28H37N7O3S. The molecule has 0 aliphatic carbocycles. The maximum atomic E-state index is 13.2. The van der Waals surface area contributed by atoms with Gasteiger partial charge in [0.25, 0.3) is 0 Å². The normalized spacial score (nSPS) is 16.2. The highest BCUT2D eigenvalue weighted by Crippen LogP contribution is 2.43. The molecule has 11 heteroatoms. The van der Waals surface area contributed by atoms with Crippen molar-refractivity contribution >= 4 is 43.5 Å². The van der Waals surface area contributed by atoms with Crippen LogP contribution in [0.4, 0.5) is 5.69 Å². The lowest BCUT2D eigenvalue weighted by molar-refractivity contribution is 0.0524. The van der Waals surface area contributed by atoms with E-state index in [1.165, 1.54) is 6.26 Å². The Kier molecular flexibility index (Phi) is 7.02. The first-order valence-electron chi connectivity index (χ1n) is 13.2. The van der Waals surface area contributed by atoms with E-state index in [1.54, 1.807) is 23.0 Å². The van der Waals surface area contributed by atoms with Crippen LogP contribution in [0.25, 0.3) is 39.3 Å². The van der Waals surface area contributed by atoms with Crippen LogP contribution in [-0.2, 0) is 21.6 Å². The summed E-state index contributed by atoms with van der Waals surface area (Å²) in [6.45, 7) is 11.8. The van der Waals surface area contributed by atoms with Gasteiger partial charge >= 0.3 is 0 Å². The number of aryl methyl sites for hydroxylation is 1. The lowest BCUT2D eigenvalue weighted by atomic mass is 9.92. The average molecular weight is 552 g/mol. The van der Waals surface area contributed by atoms with E-state index in [9.17, 15) is 8.42 Å². The van der Waals surface area contributed by atoms with E-state index >= 15 is 0 Å². The summed E-state index contributed by atoms with van der Waals surface area (Å²) in [6.07, 6.45) is 6.52. The predicted octanol–water partition coefficient (Wildman–Crippen LogP) is 4.17. The van der Waals surface area contributed by atoms with Crippen LogP contribution < -0.4 is 11.1 Å². The Morgan fingerprint density at radius 2 is 2.03 bits per heavy atom. The van der Waals surface area contributed by atoms with Crippen molar-refractivity contribution < 1.29 is 13.2 Å². The van der Waals surface area contributed by atoms with Crippen molar-refractivity contribution in [1.29, 1.82) is 0 Å². The second-order valence-corrected chi connectivity index (χ2v) is 13.2. The van der Waals surface area contributed by atoms with Crippen molar-refractivity contribution in [2.24, 2.45) is 18.7 Å². The first-order chi connectivity index (χ1) is 18.4. The molecule has 1 saturated heterocycles. The molecule has 3 aromatic heterocycles. The SMILES string of the molecule is C=Cc1nnn(C)c1-c1cnc2c3c(NCC(C)(C)N)ccc(S(C)(=O)=O)c3n([C@H](C)C3CCOCC3)c2c1. The van der Waals surface area contributed by atoms with Gasteiger partial charge in [-0.05, 0) is 63.8 Å². The Labute approximate surface area is 229 Å². The number of benzene rings is 1. The number of pyridine rings is 1. The van der Waals surface area contributed by atoms with Crippen molar-refractivity contribution in [1.82, 2.24) is 24.5 Å². The predicted molar refractivity (Wildman–Crippen MR) is 155 cm³/mol. The molecule has 1 aliphatic heterocycles. The van der Waals surface area contributed by atoms with Gasteiger partial charge in [0.1, 0.15) is 5.69 Å². The Bertz CT molecular complexity index is 1660. The Hall–Kier alpha value is -3.28. The van der Waals surface area contributed by atoms with E-state index in [0.29, 0.717) is 36.9 Å². The maximum Gasteiger partial charge on any atom is 0.177 e. The third-order valence-corrected chi connectivity index (χ3v) is 8.68. The standard InChI is InChI=1S/C28H37N7O3S/c1-7-20-26(34(5)33-32-20)19-14-22-25(30-15-19)24-21(31-16-28(3,4)29)8-9-23(39(6,36)37)27(24)35(22)17(2)18-10-12-38-13-11-18/h7-9,14-15,17-18,31H,1,10-13,16,29H2,2-6H3/t17-/m1/s1. The summed E-state index contributed by atoms with van der Waals surface area (Å²) in [5.41, 5.74) is 11.1. The van der Waals surface area contributed by atoms with Crippen LogP contribution in [0.15, 0.2) is 35.9 Å². The third kappa shape index (κ3) is 5.06. The van der Waals surface area contributed by atoms with Gasteiger partial charge in [-0.25, -0.2) is 13.1 Å². The molecule has 0 unspecified atom stereocenters. The number of hydrogen-bond acceptors (Lipinski definition) is 8. The van der Waals surface area contributed by atoms with E-state index in [2.05, 4.69) is 39.8 Å². The highest BCUT2D eigenvalue weighted by Gasteiger charge is 2.30. The monoisotopic (exact) mass is 551 g/mol. The van der Waals surface area contributed by atoms with Crippen molar-refractivity contribution in [2.45, 2.75) is 50.1 Å². The molecule has 0 bridgehead atoms. The van der Waals surface area contributed by atoms with Crippen LogP contribution >= 0.6 is 0 Å². The zero-order valence-corrected chi connectivity index (χ0v) is 24.0. The van der Waals surface area contributed by atoms with E-state index in [0.717, 1.165) is 46.2 Å². The number of nitrogens with two attached hydrogens (primary N) is 1. The van der Waals surface area contributed by atoms with E-state index < -0.39 is 15.4 Å². The van der Waals surface area contributed by atoms with Crippen molar-refractivity contribution in [3.8, 4) is 11.3 Å². The van der Waals surface area contributed by atoms with Gasteiger partial charge in [0.15, 0.2) is 9.84 Å². The van der Waals surface area contributed by atoms with Crippen molar-refractivity contribution in [3.05, 3.63) is 36.7 Å². The first kappa shape index (κ1) is 27.3. The molecule has 1 aromatic carbocycles. The Balaban J connectivity index is 1.87. The lowest BCUT2D eigenvalue weighted by Gasteiger charge is -2.30. The molecule has 4 heterocycles. The highest BCUT2D eigenvalue weighted by molar-refractivity contribution is 7.91. The van der Waals surface area contributed by atoms with Gasteiger partial charge in [0.05, 0.1) is 32.5 Å². The summed E-state index contributed by atoms with van der Waals surface area (Å²) in [4.78, 5) is 5.22. The van der Waals surface area contributed by atoms with Gasteiger partial charge in [0, 0.05) is 62.1 Å². The molecule has 0 spiro atoms. The number of ether oxygens (including phenoxy) is 1. The molecule has 3 N–H and O–H groups in total. The van der Waals surface area contributed by atoms with E-state index in [1.807, 2.05) is 27.0 Å². The zero-order chi connectivity index (χ0) is 28.1. The molecule has 208 valence electrons. The number of nitrogens with zero attached hydrogens (tertiary/aromatic N) is 5. The number of rotatable bonds is 8.